The molecule has 0 aliphatic heterocycles. The second-order valence-electron chi connectivity index (χ2n) is 6.95. The topological polar surface area (TPSA) is 54.9 Å². The number of carbonyl (C=O) groups excluding carboxylic acids is 1. The van der Waals surface area contributed by atoms with Crippen LogP contribution in [0.25, 0.3) is 0 Å². The van der Waals surface area contributed by atoms with E-state index < -0.39 is 0 Å². The van der Waals surface area contributed by atoms with Crippen LogP contribution >= 0.6 is 11.3 Å². The summed E-state index contributed by atoms with van der Waals surface area (Å²) in [5, 5.41) is 12.9. The Bertz CT molecular complexity index is 464. The van der Waals surface area contributed by atoms with E-state index in [4.69, 9.17) is 0 Å². The van der Waals surface area contributed by atoms with Crippen molar-refractivity contribution < 1.29 is 4.79 Å². The first kappa shape index (κ1) is 17.4. The van der Waals surface area contributed by atoms with Crippen molar-refractivity contribution in [3.63, 3.8) is 0 Å². The van der Waals surface area contributed by atoms with Gasteiger partial charge in [0.1, 0.15) is 5.01 Å². The summed E-state index contributed by atoms with van der Waals surface area (Å²) in [5.41, 5.74) is 0. The number of anilines is 1. The van der Waals surface area contributed by atoms with Gasteiger partial charge in [-0.1, -0.05) is 51.4 Å². The molecule has 4 nitrogen and oxygen atoms in total. The van der Waals surface area contributed by atoms with E-state index in [-0.39, 0.29) is 11.8 Å². The van der Waals surface area contributed by atoms with E-state index in [2.05, 4.69) is 36.3 Å². The Morgan fingerprint density at radius 1 is 1.27 bits per heavy atom. The summed E-state index contributed by atoms with van der Waals surface area (Å²) in [6, 6.07) is 0. The first-order chi connectivity index (χ1) is 10.6. The molecule has 0 aromatic carbocycles. The van der Waals surface area contributed by atoms with E-state index in [0.717, 1.165) is 30.2 Å². The zero-order valence-electron chi connectivity index (χ0n) is 14.1. The molecule has 0 atom stereocenters. The third-order valence-corrected chi connectivity index (χ3v) is 5.32. The van der Waals surface area contributed by atoms with Crippen LogP contribution in [0.4, 0.5) is 5.13 Å². The van der Waals surface area contributed by atoms with Gasteiger partial charge in [-0.05, 0) is 37.5 Å². The summed E-state index contributed by atoms with van der Waals surface area (Å²) in [6.45, 7) is 6.57. The van der Waals surface area contributed by atoms with E-state index in [1.165, 1.54) is 43.4 Å². The Hall–Kier alpha value is -0.970. The largest absolute Gasteiger partial charge is 0.300 e. The Kier molecular flexibility index (Phi) is 6.80. The van der Waals surface area contributed by atoms with Crippen LogP contribution in [0.15, 0.2) is 0 Å². The molecule has 22 heavy (non-hydrogen) atoms. The van der Waals surface area contributed by atoms with Crippen LogP contribution in [-0.4, -0.2) is 16.1 Å². The van der Waals surface area contributed by atoms with Gasteiger partial charge in [-0.2, -0.15) is 0 Å². The number of nitrogens with zero attached hydrogens (tertiary/aromatic N) is 2. The number of amides is 1. The monoisotopic (exact) mass is 323 g/mol. The lowest BCUT2D eigenvalue weighted by Gasteiger charge is -2.27. The van der Waals surface area contributed by atoms with Crippen LogP contribution in [0.1, 0.15) is 70.7 Å². The minimum Gasteiger partial charge on any atom is -0.300 e. The molecule has 0 saturated heterocycles. The highest BCUT2D eigenvalue weighted by Crippen LogP contribution is 2.32. The summed E-state index contributed by atoms with van der Waals surface area (Å²) in [7, 11) is 0. The van der Waals surface area contributed by atoms with Crippen molar-refractivity contribution in [2.75, 3.05) is 5.32 Å². The fraction of sp³-hybridized carbons (Fsp3) is 0.824. The first-order valence-corrected chi connectivity index (χ1v) is 9.53. The van der Waals surface area contributed by atoms with Crippen LogP contribution in [0.3, 0.4) is 0 Å². The lowest BCUT2D eigenvalue weighted by atomic mass is 9.79. The number of hydrogen-bond acceptors (Lipinski definition) is 4. The number of nitrogens with one attached hydrogen (secondary N) is 1. The van der Waals surface area contributed by atoms with Gasteiger partial charge in [0.05, 0.1) is 0 Å². The van der Waals surface area contributed by atoms with Gasteiger partial charge in [-0.3, -0.25) is 4.79 Å². The SMILES string of the molecule is CCCCC1CCC(C(=O)Nc2nnc(CC(C)C)s2)CC1. The molecule has 1 aliphatic carbocycles. The molecule has 5 heteroatoms. The zero-order valence-corrected chi connectivity index (χ0v) is 14.9. The highest BCUT2D eigenvalue weighted by atomic mass is 32.1. The maximum Gasteiger partial charge on any atom is 0.229 e. The van der Waals surface area contributed by atoms with Crippen molar-refractivity contribution in [2.45, 2.75) is 72.1 Å². The van der Waals surface area contributed by atoms with Gasteiger partial charge in [0.25, 0.3) is 0 Å². The van der Waals surface area contributed by atoms with Crippen LogP contribution in [0, 0.1) is 17.8 Å². The molecule has 0 bridgehead atoms. The predicted octanol–water partition coefficient (Wildman–Crippen LogP) is 4.67. The maximum atomic E-state index is 12.3. The van der Waals surface area contributed by atoms with Crippen molar-refractivity contribution >= 4 is 22.4 Å². The maximum absolute atomic E-state index is 12.3. The van der Waals surface area contributed by atoms with Crippen LogP contribution in [0.2, 0.25) is 0 Å². The van der Waals surface area contributed by atoms with Crippen molar-refractivity contribution in [3.8, 4) is 0 Å². The molecule has 2 rings (SSSR count). The molecule has 1 N–H and O–H groups in total. The Labute approximate surface area is 138 Å². The first-order valence-electron chi connectivity index (χ1n) is 8.71. The number of unbranched alkanes of at least 4 members (excludes halogenated alkanes) is 1. The summed E-state index contributed by atoms with van der Waals surface area (Å²) >= 11 is 1.51. The molecular weight excluding hydrogens is 294 g/mol. The minimum absolute atomic E-state index is 0.140. The van der Waals surface area contributed by atoms with E-state index in [0.29, 0.717) is 11.0 Å². The summed E-state index contributed by atoms with van der Waals surface area (Å²) in [5.74, 6) is 1.70. The van der Waals surface area contributed by atoms with Gasteiger partial charge in [-0.25, -0.2) is 0 Å². The Balaban J connectivity index is 1.77. The Morgan fingerprint density at radius 2 is 2.00 bits per heavy atom. The van der Waals surface area contributed by atoms with Gasteiger partial charge >= 0.3 is 0 Å². The third kappa shape index (κ3) is 5.34. The highest BCUT2D eigenvalue weighted by Gasteiger charge is 2.26. The quantitative estimate of drug-likeness (QED) is 0.793. The number of aromatic nitrogens is 2. The van der Waals surface area contributed by atoms with Crippen molar-refractivity contribution in [2.24, 2.45) is 17.8 Å². The molecule has 0 unspecified atom stereocenters. The Morgan fingerprint density at radius 3 is 2.64 bits per heavy atom. The van der Waals surface area contributed by atoms with Gasteiger partial charge in [0.15, 0.2) is 0 Å². The van der Waals surface area contributed by atoms with E-state index in [9.17, 15) is 4.79 Å². The third-order valence-electron chi connectivity index (χ3n) is 4.46. The molecular formula is C17H29N3OS. The molecule has 0 radical (unpaired) electrons. The standard InChI is InChI=1S/C17H29N3OS/c1-4-5-6-13-7-9-14(10-8-13)16(21)18-17-20-19-15(22-17)11-12(2)3/h12-14H,4-11H2,1-3H3,(H,18,20,21). The van der Waals surface area contributed by atoms with Crippen LogP contribution in [-0.2, 0) is 11.2 Å². The van der Waals surface area contributed by atoms with Crippen molar-refractivity contribution in [1.82, 2.24) is 10.2 Å². The molecule has 1 heterocycles. The van der Waals surface area contributed by atoms with Gasteiger partial charge in [-0.15, -0.1) is 10.2 Å². The summed E-state index contributed by atoms with van der Waals surface area (Å²) in [6.07, 6.45) is 9.31. The van der Waals surface area contributed by atoms with Crippen molar-refractivity contribution in [3.05, 3.63) is 5.01 Å². The van der Waals surface area contributed by atoms with E-state index in [1.807, 2.05) is 0 Å². The van der Waals surface area contributed by atoms with Gasteiger partial charge in [0, 0.05) is 12.3 Å². The second kappa shape index (κ2) is 8.61. The lowest BCUT2D eigenvalue weighted by Crippen LogP contribution is -2.27. The summed E-state index contributed by atoms with van der Waals surface area (Å²) < 4.78 is 0. The molecule has 0 spiro atoms. The molecule has 124 valence electrons. The second-order valence-corrected chi connectivity index (χ2v) is 8.01. The van der Waals surface area contributed by atoms with E-state index >= 15 is 0 Å². The fourth-order valence-corrected chi connectivity index (χ4v) is 4.10. The smallest absolute Gasteiger partial charge is 0.229 e. The van der Waals surface area contributed by atoms with Crippen molar-refractivity contribution in [1.29, 1.82) is 0 Å². The van der Waals surface area contributed by atoms with Gasteiger partial charge in [0.2, 0.25) is 11.0 Å². The molecule has 1 aliphatic rings. The summed E-state index contributed by atoms with van der Waals surface area (Å²) in [4.78, 5) is 12.3. The number of rotatable bonds is 7. The average molecular weight is 324 g/mol. The van der Waals surface area contributed by atoms with Crippen LogP contribution in [0.5, 0.6) is 0 Å². The minimum atomic E-state index is 0.140. The highest BCUT2D eigenvalue weighted by molar-refractivity contribution is 7.15. The van der Waals surface area contributed by atoms with Gasteiger partial charge < -0.3 is 5.32 Å². The van der Waals surface area contributed by atoms with Crippen LogP contribution < -0.4 is 5.32 Å². The van der Waals surface area contributed by atoms with E-state index in [1.54, 1.807) is 0 Å². The molecule has 1 aromatic rings. The molecule has 1 aromatic heterocycles. The molecule has 1 amide bonds. The predicted molar refractivity (Wildman–Crippen MR) is 92.1 cm³/mol. The fourth-order valence-electron chi connectivity index (χ4n) is 3.15. The lowest BCUT2D eigenvalue weighted by molar-refractivity contribution is -0.121. The number of hydrogen-bond donors (Lipinski definition) is 1. The average Bonchev–Trinajstić information content (AvgIpc) is 2.91. The normalized spacial score (nSPS) is 22.0. The molecule has 1 fully saturated rings. The zero-order chi connectivity index (χ0) is 15.9. The number of carbonyl (C=O) groups is 1. The molecule has 1 saturated carbocycles.